The maximum absolute atomic E-state index is 11.7. The fourth-order valence-electron chi connectivity index (χ4n) is 2.39. The van der Waals surface area contributed by atoms with Crippen LogP contribution in [0.25, 0.3) is 0 Å². The highest BCUT2D eigenvalue weighted by Gasteiger charge is 2.25. The number of amides is 1. The van der Waals surface area contributed by atoms with Gasteiger partial charge in [0.2, 0.25) is 5.91 Å². The molecule has 0 spiro atoms. The molecule has 0 bridgehead atoms. The molecule has 2 aromatic rings. The first-order valence-corrected chi connectivity index (χ1v) is 7.57. The van der Waals surface area contributed by atoms with E-state index in [2.05, 4.69) is 0 Å². The second-order valence-electron chi connectivity index (χ2n) is 4.77. The van der Waals surface area contributed by atoms with Crippen LogP contribution >= 0.6 is 22.9 Å². The number of fused-ring (bicyclic) bond motifs is 1. The van der Waals surface area contributed by atoms with Crippen molar-refractivity contribution in [3.05, 3.63) is 45.6 Å². The van der Waals surface area contributed by atoms with E-state index in [0.717, 1.165) is 27.4 Å². The van der Waals surface area contributed by atoms with Crippen molar-refractivity contribution in [1.29, 1.82) is 0 Å². The van der Waals surface area contributed by atoms with Crippen LogP contribution in [0.4, 0.5) is 5.69 Å². The molecular formula is C15H14ClNO2S. The Balaban J connectivity index is 1.92. The van der Waals surface area contributed by atoms with Gasteiger partial charge in [0.05, 0.1) is 18.9 Å². The van der Waals surface area contributed by atoms with E-state index in [0.29, 0.717) is 6.42 Å². The molecule has 1 aliphatic rings. The maximum atomic E-state index is 11.7. The summed E-state index contributed by atoms with van der Waals surface area (Å²) in [4.78, 5) is 14.4. The first-order valence-electron chi connectivity index (χ1n) is 6.26. The molecule has 0 radical (unpaired) electrons. The summed E-state index contributed by atoms with van der Waals surface area (Å²) < 4.78 is 5.18. The molecule has 1 aromatic heterocycles. The third-order valence-corrected chi connectivity index (χ3v) is 5.15. The zero-order valence-corrected chi connectivity index (χ0v) is 12.8. The van der Waals surface area contributed by atoms with E-state index in [1.807, 2.05) is 29.6 Å². The Bertz CT molecular complexity index is 668. The number of carbonyl (C=O) groups excluding carboxylic acids is 1. The standard InChI is InChI=1S/C15H14ClNO2S/c1-17-12-4-3-9(5-10(12)6-14(17)18)15(16)13-7-11(19-2)8-20-13/h3-5,7-8,15H,6H2,1-2H3. The van der Waals surface area contributed by atoms with Crippen molar-refractivity contribution < 1.29 is 9.53 Å². The Morgan fingerprint density at radius 3 is 2.90 bits per heavy atom. The zero-order valence-electron chi connectivity index (χ0n) is 11.2. The van der Waals surface area contributed by atoms with Crippen molar-refractivity contribution in [2.75, 3.05) is 19.1 Å². The maximum Gasteiger partial charge on any atom is 0.231 e. The normalized spacial score (nSPS) is 15.3. The van der Waals surface area contributed by atoms with E-state index in [4.69, 9.17) is 16.3 Å². The van der Waals surface area contributed by atoms with E-state index < -0.39 is 0 Å². The number of likely N-dealkylation sites (N-methyl/N-ethyl adjacent to an activating group) is 1. The van der Waals surface area contributed by atoms with Crippen molar-refractivity contribution >= 4 is 34.5 Å². The molecule has 0 saturated carbocycles. The number of alkyl halides is 1. The summed E-state index contributed by atoms with van der Waals surface area (Å²) in [5.41, 5.74) is 3.04. The van der Waals surface area contributed by atoms with E-state index in [-0.39, 0.29) is 11.3 Å². The average Bonchev–Trinajstić information content (AvgIpc) is 3.04. The molecule has 0 fully saturated rings. The number of nitrogens with zero attached hydrogens (tertiary/aromatic N) is 1. The molecule has 3 nitrogen and oxygen atoms in total. The van der Waals surface area contributed by atoms with Crippen LogP contribution in [0.2, 0.25) is 0 Å². The van der Waals surface area contributed by atoms with E-state index in [1.165, 1.54) is 0 Å². The van der Waals surface area contributed by atoms with Crippen LogP contribution in [0, 0.1) is 0 Å². The van der Waals surface area contributed by atoms with Gasteiger partial charge < -0.3 is 9.64 Å². The van der Waals surface area contributed by atoms with Gasteiger partial charge in [0.25, 0.3) is 0 Å². The molecule has 0 saturated heterocycles. The number of carbonyl (C=O) groups is 1. The van der Waals surface area contributed by atoms with Gasteiger partial charge in [-0.2, -0.15) is 0 Å². The van der Waals surface area contributed by atoms with Gasteiger partial charge in [0.15, 0.2) is 0 Å². The number of methoxy groups -OCH3 is 1. The fourth-order valence-corrected chi connectivity index (χ4v) is 3.60. The minimum absolute atomic E-state index is 0.126. The summed E-state index contributed by atoms with van der Waals surface area (Å²) in [6, 6.07) is 7.93. The van der Waals surface area contributed by atoms with Crippen LogP contribution in [0.1, 0.15) is 21.4 Å². The summed E-state index contributed by atoms with van der Waals surface area (Å²) in [6.45, 7) is 0. The predicted molar refractivity (Wildman–Crippen MR) is 82.1 cm³/mol. The summed E-state index contributed by atoms with van der Waals surface area (Å²) >= 11 is 8.11. The van der Waals surface area contributed by atoms with Crippen molar-refractivity contribution in [2.24, 2.45) is 0 Å². The Morgan fingerprint density at radius 2 is 2.20 bits per heavy atom. The molecule has 2 heterocycles. The first-order chi connectivity index (χ1) is 9.60. The lowest BCUT2D eigenvalue weighted by molar-refractivity contribution is -0.117. The quantitative estimate of drug-likeness (QED) is 0.811. The van der Waals surface area contributed by atoms with E-state index in [9.17, 15) is 4.79 Å². The van der Waals surface area contributed by atoms with Gasteiger partial charge in [-0.05, 0) is 23.3 Å². The Morgan fingerprint density at radius 1 is 1.40 bits per heavy atom. The van der Waals surface area contributed by atoms with Gasteiger partial charge in [-0.3, -0.25) is 4.79 Å². The molecule has 1 amide bonds. The number of thiophene rings is 1. The molecule has 3 rings (SSSR count). The van der Waals surface area contributed by atoms with Gasteiger partial charge in [0.1, 0.15) is 5.75 Å². The number of anilines is 1. The fraction of sp³-hybridized carbons (Fsp3) is 0.267. The smallest absolute Gasteiger partial charge is 0.231 e. The van der Waals surface area contributed by atoms with Crippen molar-refractivity contribution in [1.82, 2.24) is 0 Å². The van der Waals surface area contributed by atoms with Crippen LogP contribution in [0.5, 0.6) is 5.75 Å². The lowest BCUT2D eigenvalue weighted by Gasteiger charge is -2.12. The topological polar surface area (TPSA) is 29.5 Å². The summed E-state index contributed by atoms with van der Waals surface area (Å²) in [7, 11) is 3.45. The van der Waals surface area contributed by atoms with Crippen LogP contribution < -0.4 is 9.64 Å². The number of hydrogen-bond donors (Lipinski definition) is 0. The number of ether oxygens (including phenoxy) is 1. The van der Waals surface area contributed by atoms with Crippen LogP contribution in [-0.2, 0) is 11.2 Å². The summed E-state index contributed by atoms with van der Waals surface area (Å²) in [5, 5.41) is 1.73. The third kappa shape index (κ3) is 2.19. The average molecular weight is 308 g/mol. The largest absolute Gasteiger partial charge is 0.496 e. The van der Waals surface area contributed by atoms with E-state index in [1.54, 1.807) is 30.4 Å². The zero-order chi connectivity index (χ0) is 14.3. The van der Waals surface area contributed by atoms with Gasteiger partial charge in [-0.15, -0.1) is 22.9 Å². The van der Waals surface area contributed by atoms with Crippen molar-refractivity contribution in [3.63, 3.8) is 0 Å². The Hall–Kier alpha value is -1.52. The Kier molecular flexibility index (Phi) is 3.44. The first kappa shape index (κ1) is 13.5. The summed E-state index contributed by atoms with van der Waals surface area (Å²) in [5.74, 6) is 0.952. The minimum atomic E-state index is -0.213. The predicted octanol–water partition coefficient (Wildman–Crippen LogP) is 3.60. The second-order valence-corrected chi connectivity index (χ2v) is 6.15. The number of hydrogen-bond acceptors (Lipinski definition) is 3. The molecule has 1 atom stereocenters. The van der Waals surface area contributed by atoms with Crippen molar-refractivity contribution in [2.45, 2.75) is 11.8 Å². The monoisotopic (exact) mass is 307 g/mol. The molecule has 20 heavy (non-hydrogen) atoms. The third-order valence-electron chi connectivity index (χ3n) is 3.55. The highest BCUT2D eigenvalue weighted by atomic mass is 35.5. The lowest BCUT2D eigenvalue weighted by Crippen LogP contribution is -2.20. The molecule has 1 aromatic carbocycles. The lowest BCUT2D eigenvalue weighted by atomic mass is 10.0. The molecular weight excluding hydrogens is 294 g/mol. The molecule has 0 aliphatic carbocycles. The molecule has 5 heteroatoms. The van der Waals surface area contributed by atoms with E-state index >= 15 is 0 Å². The highest BCUT2D eigenvalue weighted by molar-refractivity contribution is 7.10. The van der Waals surface area contributed by atoms with Gasteiger partial charge in [-0.1, -0.05) is 12.1 Å². The molecule has 1 aliphatic heterocycles. The van der Waals surface area contributed by atoms with Crippen molar-refractivity contribution in [3.8, 4) is 5.75 Å². The molecule has 1 unspecified atom stereocenters. The van der Waals surface area contributed by atoms with Crippen LogP contribution in [0.15, 0.2) is 29.6 Å². The molecule has 0 N–H and O–H groups in total. The van der Waals surface area contributed by atoms with Crippen LogP contribution in [0.3, 0.4) is 0 Å². The van der Waals surface area contributed by atoms with Gasteiger partial charge in [-0.25, -0.2) is 0 Å². The SMILES string of the molecule is COc1csc(C(Cl)c2ccc3c(c2)CC(=O)N3C)c1. The number of rotatable bonds is 3. The number of benzene rings is 1. The van der Waals surface area contributed by atoms with Gasteiger partial charge >= 0.3 is 0 Å². The van der Waals surface area contributed by atoms with Gasteiger partial charge in [0, 0.05) is 23.0 Å². The minimum Gasteiger partial charge on any atom is -0.496 e. The Labute approximate surface area is 126 Å². The second kappa shape index (κ2) is 5.11. The number of halogens is 1. The highest BCUT2D eigenvalue weighted by Crippen LogP contribution is 2.38. The summed E-state index contributed by atoms with van der Waals surface area (Å²) in [6.07, 6.45) is 0.455. The van der Waals surface area contributed by atoms with Crippen LogP contribution in [-0.4, -0.2) is 20.1 Å². The molecule has 104 valence electrons.